The van der Waals surface area contributed by atoms with Crippen molar-refractivity contribution >= 4 is 23.3 Å². The topological polar surface area (TPSA) is 111 Å². The van der Waals surface area contributed by atoms with Gasteiger partial charge in [-0.2, -0.15) is 18.3 Å². The molecule has 0 aliphatic carbocycles. The van der Waals surface area contributed by atoms with Crippen LogP contribution < -0.4 is 5.43 Å². The average molecular weight is 354 g/mol. The normalized spacial score (nSPS) is 11.5. The van der Waals surface area contributed by atoms with E-state index >= 15 is 0 Å². The fraction of sp³-hybridized carbons (Fsp3) is 0.0714. The number of anilines is 1. The lowest BCUT2D eigenvalue weighted by Gasteiger charge is -2.06. The molecule has 25 heavy (non-hydrogen) atoms. The van der Waals surface area contributed by atoms with Gasteiger partial charge >= 0.3 is 11.9 Å². The van der Waals surface area contributed by atoms with Gasteiger partial charge in [-0.05, 0) is 23.8 Å². The predicted molar refractivity (Wildman–Crippen MR) is 82.4 cm³/mol. The molecule has 0 amide bonds. The van der Waals surface area contributed by atoms with E-state index in [4.69, 9.17) is 0 Å². The van der Waals surface area contributed by atoms with Crippen molar-refractivity contribution in [1.29, 1.82) is 0 Å². The van der Waals surface area contributed by atoms with Crippen LogP contribution in [0, 0.1) is 20.2 Å². The van der Waals surface area contributed by atoms with Crippen LogP contribution in [0.5, 0.6) is 0 Å². The summed E-state index contributed by atoms with van der Waals surface area (Å²) in [6.07, 6.45) is -3.29. The molecule has 0 saturated heterocycles. The van der Waals surface area contributed by atoms with Crippen LogP contribution in [0.1, 0.15) is 11.1 Å². The third-order valence-corrected chi connectivity index (χ3v) is 3.03. The lowest BCUT2D eigenvalue weighted by Crippen LogP contribution is -2.04. The standard InChI is InChI=1S/C14H9F3N4O4/c15-14(16,17)10-3-1-9(2-4-10)8-18-19-12-6-5-11(20(22)23)7-13(12)21(24)25/h1-8,19H/b18-8+. The van der Waals surface area contributed by atoms with E-state index in [-0.39, 0.29) is 5.69 Å². The summed E-state index contributed by atoms with van der Waals surface area (Å²) < 4.78 is 37.3. The third kappa shape index (κ3) is 4.50. The Morgan fingerprint density at radius 2 is 1.64 bits per heavy atom. The number of nitrogens with zero attached hydrogens (tertiary/aromatic N) is 3. The summed E-state index contributed by atoms with van der Waals surface area (Å²) in [4.78, 5) is 20.0. The Labute approximate surface area is 137 Å². The Balaban J connectivity index is 2.16. The average Bonchev–Trinajstić information content (AvgIpc) is 2.54. The predicted octanol–water partition coefficient (Wildman–Crippen LogP) is 3.97. The molecule has 0 unspecified atom stereocenters. The van der Waals surface area contributed by atoms with E-state index in [1.54, 1.807) is 0 Å². The largest absolute Gasteiger partial charge is 0.416 e. The first kappa shape index (κ1) is 17.8. The third-order valence-electron chi connectivity index (χ3n) is 3.03. The van der Waals surface area contributed by atoms with Crippen LogP contribution >= 0.6 is 0 Å². The molecule has 8 nitrogen and oxygen atoms in total. The zero-order valence-corrected chi connectivity index (χ0v) is 12.2. The molecular weight excluding hydrogens is 345 g/mol. The van der Waals surface area contributed by atoms with Gasteiger partial charge in [0.2, 0.25) is 0 Å². The summed E-state index contributed by atoms with van der Waals surface area (Å²) in [5.74, 6) is 0. The quantitative estimate of drug-likeness (QED) is 0.496. The molecule has 130 valence electrons. The van der Waals surface area contributed by atoms with Crippen molar-refractivity contribution < 1.29 is 23.0 Å². The number of rotatable bonds is 5. The molecule has 1 N–H and O–H groups in total. The maximum absolute atomic E-state index is 12.4. The van der Waals surface area contributed by atoms with E-state index in [0.717, 1.165) is 36.5 Å². The summed E-state index contributed by atoms with van der Waals surface area (Å²) in [5, 5.41) is 25.3. The first-order chi connectivity index (χ1) is 11.7. The van der Waals surface area contributed by atoms with Gasteiger partial charge in [0.1, 0.15) is 5.69 Å². The number of hydrogen-bond acceptors (Lipinski definition) is 6. The Kier molecular flexibility index (Phi) is 4.96. The van der Waals surface area contributed by atoms with Gasteiger partial charge < -0.3 is 0 Å². The van der Waals surface area contributed by atoms with Gasteiger partial charge in [-0.3, -0.25) is 25.7 Å². The van der Waals surface area contributed by atoms with E-state index in [0.29, 0.717) is 5.56 Å². The molecule has 0 spiro atoms. The second kappa shape index (κ2) is 6.95. The van der Waals surface area contributed by atoms with Gasteiger partial charge in [-0.15, -0.1) is 0 Å². The molecular formula is C14H9F3N4O4. The Bertz CT molecular complexity index is 835. The Morgan fingerprint density at radius 1 is 1.00 bits per heavy atom. The van der Waals surface area contributed by atoms with Gasteiger partial charge in [-0.1, -0.05) is 12.1 Å². The van der Waals surface area contributed by atoms with Crippen LogP contribution in [-0.4, -0.2) is 16.1 Å². The van der Waals surface area contributed by atoms with Crippen molar-refractivity contribution in [2.24, 2.45) is 5.10 Å². The zero-order valence-electron chi connectivity index (χ0n) is 12.2. The van der Waals surface area contributed by atoms with E-state index in [1.165, 1.54) is 12.1 Å². The van der Waals surface area contributed by atoms with Crippen LogP contribution in [0.25, 0.3) is 0 Å². The lowest BCUT2D eigenvalue weighted by atomic mass is 10.1. The van der Waals surface area contributed by atoms with Crippen molar-refractivity contribution in [2.45, 2.75) is 6.18 Å². The summed E-state index contributed by atoms with van der Waals surface area (Å²) in [6.45, 7) is 0. The molecule has 0 atom stereocenters. The number of halogens is 3. The van der Waals surface area contributed by atoms with Gasteiger partial charge in [0.15, 0.2) is 0 Å². The van der Waals surface area contributed by atoms with Crippen molar-refractivity contribution in [3.05, 3.63) is 73.8 Å². The zero-order chi connectivity index (χ0) is 18.6. The number of nitrogens with one attached hydrogen (secondary N) is 1. The molecule has 0 fully saturated rings. The summed E-state index contributed by atoms with van der Waals surface area (Å²) in [7, 11) is 0. The number of nitro groups is 2. The van der Waals surface area contributed by atoms with Gasteiger partial charge in [0.25, 0.3) is 5.69 Å². The fourth-order valence-electron chi connectivity index (χ4n) is 1.81. The SMILES string of the molecule is O=[N+]([O-])c1ccc(N/N=C/c2ccc(C(F)(F)F)cc2)c([N+](=O)[O-])c1. The van der Waals surface area contributed by atoms with Crippen molar-refractivity contribution in [2.75, 3.05) is 5.43 Å². The van der Waals surface area contributed by atoms with E-state index in [1.807, 2.05) is 0 Å². The molecule has 0 bridgehead atoms. The smallest absolute Gasteiger partial charge is 0.272 e. The molecule has 2 rings (SSSR count). The highest BCUT2D eigenvalue weighted by Crippen LogP contribution is 2.30. The number of nitro benzene ring substituents is 2. The van der Waals surface area contributed by atoms with Gasteiger partial charge in [-0.25, -0.2) is 0 Å². The summed E-state index contributed by atoms with van der Waals surface area (Å²) in [6, 6.07) is 7.04. The second-order valence-electron chi connectivity index (χ2n) is 4.71. The Hall–Kier alpha value is -3.50. The highest BCUT2D eigenvalue weighted by Gasteiger charge is 2.29. The van der Waals surface area contributed by atoms with Crippen molar-refractivity contribution in [1.82, 2.24) is 0 Å². The summed E-state index contributed by atoms with van der Waals surface area (Å²) in [5.41, 5.74) is 0.735. The fourth-order valence-corrected chi connectivity index (χ4v) is 1.81. The monoisotopic (exact) mass is 354 g/mol. The van der Waals surface area contributed by atoms with E-state index in [2.05, 4.69) is 10.5 Å². The number of hydrogen-bond donors (Lipinski definition) is 1. The number of hydrazone groups is 1. The minimum Gasteiger partial charge on any atom is -0.272 e. The van der Waals surface area contributed by atoms with Gasteiger partial charge in [0, 0.05) is 6.07 Å². The van der Waals surface area contributed by atoms with Crippen molar-refractivity contribution in [3.63, 3.8) is 0 Å². The highest BCUT2D eigenvalue weighted by molar-refractivity contribution is 5.80. The van der Waals surface area contributed by atoms with Gasteiger partial charge in [0.05, 0.1) is 27.7 Å². The first-order valence-corrected chi connectivity index (χ1v) is 6.57. The van der Waals surface area contributed by atoms with Crippen LogP contribution in [0.3, 0.4) is 0 Å². The van der Waals surface area contributed by atoms with Crippen LogP contribution in [0.4, 0.5) is 30.2 Å². The molecule has 0 heterocycles. The molecule has 0 aliphatic rings. The molecule has 0 saturated carbocycles. The molecule has 0 radical (unpaired) electrons. The van der Waals surface area contributed by atoms with Crippen LogP contribution in [0.2, 0.25) is 0 Å². The molecule has 2 aromatic carbocycles. The molecule has 0 aromatic heterocycles. The second-order valence-corrected chi connectivity index (χ2v) is 4.71. The highest BCUT2D eigenvalue weighted by atomic mass is 19.4. The lowest BCUT2D eigenvalue weighted by molar-refractivity contribution is -0.393. The molecule has 2 aromatic rings. The van der Waals surface area contributed by atoms with Crippen LogP contribution in [-0.2, 0) is 6.18 Å². The maximum atomic E-state index is 12.4. The maximum Gasteiger partial charge on any atom is 0.416 e. The summed E-state index contributed by atoms with van der Waals surface area (Å²) >= 11 is 0. The number of non-ortho nitro benzene ring substituents is 1. The number of alkyl halides is 3. The Morgan fingerprint density at radius 3 is 2.16 bits per heavy atom. The minimum atomic E-state index is -4.45. The molecule has 11 heteroatoms. The number of benzene rings is 2. The first-order valence-electron chi connectivity index (χ1n) is 6.57. The minimum absolute atomic E-state index is 0.0984. The van der Waals surface area contributed by atoms with E-state index < -0.39 is 33.0 Å². The van der Waals surface area contributed by atoms with Crippen molar-refractivity contribution in [3.8, 4) is 0 Å². The molecule has 0 aliphatic heterocycles. The van der Waals surface area contributed by atoms with E-state index in [9.17, 15) is 33.4 Å². The van der Waals surface area contributed by atoms with Crippen LogP contribution in [0.15, 0.2) is 47.6 Å².